The van der Waals surface area contributed by atoms with Crippen molar-refractivity contribution < 1.29 is 0 Å². The van der Waals surface area contributed by atoms with Crippen LogP contribution in [-0.4, -0.2) is 16.7 Å². The molecule has 13 rings (SSSR count). The molecule has 0 amide bonds. The fourth-order valence-corrected chi connectivity index (χ4v) is 10.5. The molecule has 0 fully saturated rings. The van der Waals surface area contributed by atoms with E-state index in [1.54, 1.807) is 0 Å². The maximum Gasteiger partial charge on any atom is 0.252 e. The predicted octanol–water partition coefficient (Wildman–Crippen LogP) is 14.1. The van der Waals surface area contributed by atoms with Crippen molar-refractivity contribution in [1.29, 1.82) is 0 Å². The number of hydrogen-bond acceptors (Lipinski definition) is 4. The normalized spacial score (nSPS) is 13.5. The molecule has 4 nitrogen and oxygen atoms in total. The summed E-state index contributed by atoms with van der Waals surface area (Å²) in [5, 5.41) is 0. The van der Waals surface area contributed by atoms with Crippen molar-refractivity contribution in [3.8, 4) is 44.6 Å². The lowest BCUT2D eigenvalue weighted by molar-refractivity contribution is 1.04. The highest BCUT2D eigenvalue weighted by molar-refractivity contribution is 7.00. The van der Waals surface area contributed by atoms with E-state index in [9.17, 15) is 0 Å². The number of allylic oxidation sites excluding steroid dienone is 4. The largest absolute Gasteiger partial charge is 0.311 e. The zero-order valence-electron chi connectivity index (χ0n) is 36.8. The first-order chi connectivity index (χ1) is 33.2. The van der Waals surface area contributed by atoms with E-state index in [0.29, 0.717) is 0 Å². The van der Waals surface area contributed by atoms with Crippen LogP contribution in [0.2, 0.25) is 0 Å². The van der Waals surface area contributed by atoms with Crippen molar-refractivity contribution in [2.24, 2.45) is 0 Å². The lowest BCUT2D eigenvalue weighted by Crippen LogP contribution is -2.61. The van der Waals surface area contributed by atoms with E-state index < -0.39 is 0 Å². The van der Waals surface area contributed by atoms with Crippen LogP contribution >= 0.6 is 0 Å². The van der Waals surface area contributed by atoms with E-state index in [1.807, 2.05) is 24.4 Å². The lowest BCUT2D eigenvalue weighted by Gasteiger charge is -2.44. The van der Waals surface area contributed by atoms with E-state index in [1.165, 1.54) is 60.9 Å². The molecule has 3 aliphatic rings. The molecule has 10 aromatic rings. The van der Waals surface area contributed by atoms with E-state index in [4.69, 9.17) is 9.97 Å². The van der Waals surface area contributed by atoms with Gasteiger partial charge in [-0.2, -0.15) is 0 Å². The highest BCUT2D eigenvalue weighted by Gasteiger charge is 2.44. The first-order valence-electron chi connectivity index (χ1n) is 23.2. The number of fused-ring (bicyclic) bond motifs is 5. The van der Waals surface area contributed by atoms with Crippen molar-refractivity contribution in [2.45, 2.75) is 12.8 Å². The molecule has 9 aromatic carbocycles. The summed E-state index contributed by atoms with van der Waals surface area (Å²) >= 11 is 0. The molecule has 3 heterocycles. The van der Waals surface area contributed by atoms with Crippen LogP contribution in [0.25, 0.3) is 61.2 Å². The van der Waals surface area contributed by atoms with Gasteiger partial charge in [-0.3, -0.25) is 4.98 Å². The monoisotopic (exact) mass is 854 g/mol. The van der Waals surface area contributed by atoms with Crippen LogP contribution in [0.1, 0.15) is 18.4 Å². The fourth-order valence-electron chi connectivity index (χ4n) is 10.5. The van der Waals surface area contributed by atoms with Gasteiger partial charge in [-0.25, -0.2) is 4.98 Å². The molecule has 1 aliphatic carbocycles. The summed E-state index contributed by atoms with van der Waals surface area (Å²) in [4.78, 5) is 15.2. The van der Waals surface area contributed by atoms with Gasteiger partial charge in [0.15, 0.2) is 0 Å². The summed E-state index contributed by atoms with van der Waals surface area (Å²) < 4.78 is 0. The number of benzene rings is 9. The zero-order chi connectivity index (χ0) is 44.3. The molecule has 2 aliphatic heterocycles. The van der Waals surface area contributed by atoms with E-state index >= 15 is 0 Å². The van der Waals surface area contributed by atoms with Gasteiger partial charge < -0.3 is 9.80 Å². The smallest absolute Gasteiger partial charge is 0.252 e. The SMILES string of the molecule is C1=CC(c2ccc(N3c4ccc(-c5ccccc5)cc4B4c5cc(-c6ccccc6)ccc5N(c5ccc(-c6ccccc6)cc5)c5cc(-c6cnc7ccccc7n6)cc3c54)cc2)=CCC1. The number of anilines is 6. The number of hydrogen-bond donors (Lipinski definition) is 0. The molecule has 67 heavy (non-hydrogen) atoms. The molecular weight excluding hydrogens is 812 g/mol. The van der Waals surface area contributed by atoms with Crippen LogP contribution in [0, 0.1) is 0 Å². The number of para-hydroxylation sites is 2. The van der Waals surface area contributed by atoms with Crippen molar-refractivity contribution in [3.63, 3.8) is 0 Å². The molecule has 0 bridgehead atoms. The molecule has 0 radical (unpaired) electrons. The Kier molecular flexibility index (Phi) is 9.38. The highest BCUT2D eigenvalue weighted by Crippen LogP contribution is 2.47. The average Bonchev–Trinajstić information content (AvgIpc) is 3.41. The molecule has 0 spiro atoms. The second kappa shape index (κ2) is 16.2. The third-order valence-electron chi connectivity index (χ3n) is 13.7. The van der Waals surface area contributed by atoms with Gasteiger partial charge in [-0.05, 0) is 134 Å². The molecule has 5 heteroatoms. The Labute approximate surface area is 391 Å². The van der Waals surface area contributed by atoms with Gasteiger partial charge in [0.05, 0.1) is 22.9 Å². The van der Waals surface area contributed by atoms with E-state index in [0.717, 1.165) is 69.3 Å². The van der Waals surface area contributed by atoms with Crippen molar-refractivity contribution >= 4 is 73.8 Å². The van der Waals surface area contributed by atoms with Gasteiger partial charge >= 0.3 is 0 Å². The summed E-state index contributed by atoms with van der Waals surface area (Å²) in [7, 11) is 0. The van der Waals surface area contributed by atoms with Crippen molar-refractivity contribution in [3.05, 3.63) is 242 Å². The summed E-state index contributed by atoms with van der Waals surface area (Å²) in [6.07, 6.45) is 11.0. The van der Waals surface area contributed by atoms with Crippen LogP contribution in [0.4, 0.5) is 34.1 Å². The molecular formula is C62H43BN4. The number of rotatable bonds is 7. The van der Waals surface area contributed by atoms with Crippen LogP contribution in [0.15, 0.2) is 237 Å². The van der Waals surface area contributed by atoms with Crippen molar-refractivity contribution in [1.82, 2.24) is 9.97 Å². The third kappa shape index (κ3) is 6.78. The van der Waals surface area contributed by atoms with Gasteiger partial charge in [0.2, 0.25) is 0 Å². The van der Waals surface area contributed by atoms with Crippen LogP contribution < -0.4 is 26.2 Å². The van der Waals surface area contributed by atoms with Crippen LogP contribution in [0.3, 0.4) is 0 Å². The fraction of sp³-hybridized carbons (Fsp3) is 0.0323. The highest BCUT2D eigenvalue weighted by atomic mass is 15.2. The minimum Gasteiger partial charge on any atom is -0.311 e. The Morgan fingerprint density at radius 2 is 0.866 bits per heavy atom. The predicted molar refractivity (Wildman–Crippen MR) is 282 cm³/mol. The molecule has 0 atom stereocenters. The zero-order valence-corrected chi connectivity index (χ0v) is 36.8. The molecule has 0 N–H and O–H groups in total. The quantitative estimate of drug-likeness (QED) is 0.150. The number of nitrogens with zero attached hydrogens (tertiary/aromatic N) is 4. The maximum absolute atomic E-state index is 5.28. The first-order valence-corrected chi connectivity index (χ1v) is 23.2. The number of aromatic nitrogens is 2. The first kappa shape index (κ1) is 38.9. The van der Waals surface area contributed by atoms with Crippen LogP contribution in [-0.2, 0) is 0 Å². The van der Waals surface area contributed by atoms with Gasteiger partial charge in [-0.1, -0.05) is 170 Å². The Balaban J connectivity index is 1.10. The minimum atomic E-state index is -0.0908. The molecule has 1 aromatic heterocycles. The topological polar surface area (TPSA) is 32.3 Å². The Bertz CT molecular complexity index is 3570. The molecule has 314 valence electrons. The standard InChI is InChI=1S/C62H43BN4/c1-5-15-42(16-6-1)46-25-31-51(32-26-46)66-58-35-29-48(44-19-9-3-10-20-44)37-53(58)63-54-38-49(45-21-11-4-12-22-45)30-36-59(54)67(52-33-27-47(28-34-52)43-17-7-2-8-18-43)61-40-50(39-60(66)62(61)63)57-41-64-55-23-13-14-24-56(55)65-57/h1,3-7,9-41H,2,8H2. The van der Waals surface area contributed by atoms with Gasteiger partial charge in [0.1, 0.15) is 0 Å². The summed E-state index contributed by atoms with van der Waals surface area (Å²) in [6, 6.07) is 77.5. The Hall–Kier alpha value is -8.54. The van der Waals surface area contributed by atoms with Gasteiger partial charge in [0.25, 0.3) is 6.71 Å². The summed E-state index contributed by atoms with van der Waals surface area (Å²) in [5.74, 6) is 0. The van der Waals surface area contributed by atoms with Crippen LogP contribution in [0.5, 0.6) is 0 Å². The lowest BCUT2D eigenvalue weighted by atomic mass is 9.33. The van der Waals surface area contributed by atoms with E-state index in [2.05, 4.69) is 222 Å². The average molecular weight is 855 g/mol. The summed E-state index contributed by atoms with van der Waals surface area (Å²) in [6.45, 7) is -0.0908. The Morgan fingerprint density at radius 3 is 1.40 bits per heavy atom. The minimum absolute atomic E-state index is 0.0908. The Morgan fingerprint density at radius 1 is 0.388 bits per heavy atom. The maximum atomic E-state index is 5.28. The molecule has 0 saturated carbocycles. The van der Waals surface area contributed by atoms with E-state index in [-0.39, 0.29) is 6.71 Å². The van der Waals surface area contributed by atoms with Crippen molar-refractivity contribution in [2.75, 3.05) is 9.80 Å². The third-order valence-corrected chi connectivity index (χ3v) is 13.7. The second-order valence-corrected chi connectivity index (χ2v) is 17.7. The van der Waals surface area contributed by atoms with Gasteiger partial charge in [-0.15, -0.1) is 0 Å². The molecule has 0 unspecified atom stereocenters. The molecule has 0 saturated heterocycles. The summed E-state index contributed by atoms with van der Waals surface area (Å²) in [5.41, 5.74) is 23.7. The second-order valence-electron chi connectivity index (χ2n) is 17.7. The van der Waals surface area contributed by atoms with Gasteiger partial charge in [0, 0.05) is 39.7 Å².